The number of benzene rings is 1. The van der Waals surface area contributed by atoms with E-state index in [0.29, 0.717) is 0 Å². The molecule has 0 unspecified atom stereocenters. The number of nitrogens with two attached hydrogens (primary N) is 1. The van der Waals surface area contributed by atoms with E-state index < -0.39 is 5.97 Å². The summed E-state index contributed by atoms with van der Waals surface area (Å²) < 4.78 is 9.85. The number of rotatable bonds is 8. The molecule has 22 heavy (non-hydrogen) atoms. The van der Waals surface area contributed by atoms with Gasteiger partial charge in [-0.2, -0.15) is 5.10 Å². The maximum Gasteiger partial charge on any atom is 0.355 e. The van der Waals surface area contributed by atoms with Gasteiger partial charge in [0, 0.05) is 0 Å². The first-order chi connectivity index (χ1) is 10.6. The number of carbonyl (C=O) groups excluding carboxylic acids is 1. The van der Waals surface area contributed by atoms with Crippen molar-refractivity contribution in [3.63, 3.8) is 0 Å². The van der Waals surface area contributed by atoms with Crippen molar-refractivity contribution >= 4 is 12.2 Å². The van der Waals surface area contributed by atoms with Gasteiger partial charge in [0.15, 0.2) is 0 Å². The van der Waals surface area contributed by atoms with Crippen LogP contribution in [-0.4, -0.2) is 49.2 Å². The zero-order valence-corrected chi connectivity index (χ0v) is 12.7. The number of hydrazone groups is 1. The monoisotopic (exact) mass is 307 g/mol. The van der Waals surface area contributed by atoms with Crippen molar-refractivity contribution in [3.05, 3.63) is 41.7 Å². The Hall–Kier alpha value is -2.54. The Morgan fingerprint density at radius 2 is 2.09 bits per heavy atom. The Labute approximate surface area is 129 Å². The van der Waals surface area contributed by atoms with Gasteiger partial charge in [0.1, 0.15) is 11.4 Å². The number of aliphatic hydroxyl groups excluding tert-OH is 1. The number of methoxy groups -OCH3 is 1. The second-order valence-electron chi connectivity index (χ2n) is 4.21. The van der Waals surface area contributed by atoms with Crippen molar-refractivity contribution < 1.29 is 19.4 Å². The van der Waals surface area contributed by atoms with Crippen molar-refractivity contribution in [2.45, 2.75) is 6.92 Å². The summed E-state index contributed by atoms with van der Waals surface area (Å²) >= 11 is 0. The molecule has 0 bridgehead atoms. The highest BCUT2D eigenvalue weighted by molar-refractivity contribution is 5.87. The summed E-state index contributed by atoms with van der Waals surface area (Å²) in [6.45, 7) is 2.00. The zero-order chi connectivity index (χ0) is 16.4. The van der Waals surface area contributed by atoms with Crippen LogP contribution in [0, 0.1) is 0 Å². The molecule has 0 spiro atoms. The molecule has 0 aliphatic carbocycles. The molecular weight excluding hydrogens is 286 g/mol. The van der Waals surface area contributed by atoms with Crippen LogP contribution in [0.1, 0.15) is 12.5 Å². The number of esters is 1. The molecule has 0 heterocycles. The molecule has 120 valence electrons. The van der Waals surface area contributed by atoms with Crippen LogP contribution in [0.4, 0.5) is 0 Å². The maximum absolute atomic E-state index is 11.5. The molecule has 1 aromatic carbocycles. The lowest BCUT2D eigenvalue weighted by molar-refractivity contribution is -0.138. The Morgan fingerprint density at radius 3 is 2.64 bits per heavy atom. The van der Waals surface area contributed by atoms with Crippen molar-refractivity contribution in [3.8, 4) is 5.75 Å². The summed E-state index contributed by atoms with van der Waals surface area (Å²) in [5.41, 5.74) is 6.37. The summed E-state index contributed by atoms with van der Waals surface area (Å²) in [6, 6.07) is 7.27. The Kier molecular flexibility index (Phi) is 7.49. The summed E-state index contributed by atoms with van der Waals surface area (Å²) in [6.07, 6.45) is 2.91. The minimum Gasteiger partial charge on any atom is -0.497 e. The van der Waals surface area contributed by atoms with Gasteiger partial charge >= 0.3 is 5.97 Å². The van der Waals surface area contributed by atoms with Crippen molar-refractivity contribution in [2.24, 2.45) is 10.8 Å². The number of carbonyl (C=O) groups is 1. The van der Waals surface area contributed by atoms with Crippen LogP contribution in [0.2, 0.25) is 0 Å². The Morgan fingerprint density at radius 1 is 1.41 bits per heavy atom. The van der Waals surface area contributed by atoms with Gasteiger partial charge in [0.05, 0.1) is 39.3 Å². The standard InChI is InChI=1S/C15H21N3O4/c1-3-22-15(20)14(16)11-18(8-9-19)17-10-12-4-6-13(21-2)7-5-12/h4-7,10-11,19H,3,8-9,16H2,1-2H3/b14-11-,17-10+. The van der Waals surface area contributed by atoms with Gasteiger partial charge in [-0.15, -0.1) is 0 Å². The summed E-state index contributed by atoms with van der Waals surface area (Å²) in [4.78, 5) is 11.5. The van der Waals surface area contributed by atoms with Crippen LogP contribution in [0.15, 0.2) is 41.3 Å². The number of ether oxygens (including phenoxy) is 2. The average Bonchev–Trinajstić information content (AvgIpc) is 2.53. The molecule has 7 heteroatoms. The van der Waals surface area contributed by atoms with Gasteiger partial charge in [-0.1, -0.05) is 0 Å². The van der Waals surface area contributed by atoms with E-state index >= 15 is 0 Å². The number of hydrogen-bond acceptors (Lipinski definition) is 7. The van der Waals surface area contributed by atoms with Crippen LogP contribution in [0.3, 0.4) is 0 Å². The molecule has 0 saturated carbocycles. The van der Waals surface area contributed by atoms with Crippen LogP contribution >= 0.6 is 0 Å². The van der Waals surface area contributed by atoms with Crippen molar-refractivity contribution in [1.29, 1.82) is 0 Å². The van der Waals surface area contributed by atoms with E-state index in [1.54, 1.807) is 32.4 Å². The highest BCUT2D eigenvalue weighted by atomic mass is 16.5. The van der Waals surface area contributed by atoms with E-state index in [0.717, 1.165) is 11.3 Å². The predicted molar refractivity (Wildman–Crippen MR) is 83.3 cm³/mol. The van der Waals surface area contributed by atoms with Crippen LogP contribution in [-0.2, 0) is 9.53 Å². The van der Waals surface area contributed by atoms with Gasteiger partial charge < -0.3 is 20.3 Å². The fourth-order valence-electron chi connectivity index (χ4n) is 1.52. The van der Waals surface area contributed by atoms with E-state index in [9.17, 15) is 4.79 Å². The molecule has 1 aromatic rings. The number of aliphatic hydroxyl groups is 1. The summed E-state index contributed by atoms with van der Waals surface area (Å²) in [7, 11) is 1.59. The van der Waals surface area contributed by atoms with Crippen molar-refractivity contribution in [2.75, 3.05) is 26.9 Å². The third kappa shape index (κ3) is 5.84. The van der Waals surface area contributed by atoms with Gasteiger partial charge in [-0.3, -0.25) is 5.01 Å². The summed E-state index contributed by atoms with van der Waals surface area (Å²) in [5.74, 6) is 0.126. The fourth-order valence-corrected chi connectivity index (χ4v) is 1.52. The van der Waals surface area contributed by atoms with E-state index in [-0.39, 0.29) is 25.5 Å². The van der Waals surface area contributed by atoms with Gasteiger partial charge in [0.2, 0.25) is 0 Å². The molecule has 3 N–H and O–H groups in total. The topological polar surface area (TPSA) is 97.4 Å². The van der Waals surface area contributed by atoms with Crippen molar-refractivity contribution in [1.82, 2.24) is 5.01 Å². The quantitative estimate of drug-likeness (QED) is 0.317. The minimum absolute atomic E-state index is 0.0813. The molecule has 0 fully saturated rings. The second kappa shape index (κ2) is 9.41. The minimum atomic E-state index is -0.620. The zero-order valence-electron chi connectivity index (χ0n) is 12.7. The Balaban J connectivity index is 2.79. The number of hydrogen-bond donors (Lipinski definition) is 2. The molecular formula is C15H21N3O4. The number of nitrogens with zero attached hydrogens (tertiary/aromatic N) is 2. The van der Waals surface area contributed by atoms with Crippen LogP contribution in [0.25, 0.3) is 0 Å². The largest absolute Gasteiger partial charge is 0.497 e. The molecule has 0 amide bonds. The Bertz CT molecular complexity index is 526. The third-order valence-corrected chi connectivity index (χ3v) is 2.60. The molecule has 0 saturated heterocycles. The first kappa shape index (κ1) is 17.5. The van der Waals surface area contributed by atoms with Crippen LogP contribution < -0.4 is 10.5 Å². The summed E-state index contributed by atoms with van der Waals surface area (Å²) in [5, 5.41) is 14.6. The normalized spacial score (nSPS) is 11.5. The van der Waals surface area contributed by atoms with Gasteiger partial charge in [-0.05, 0) is 36.8 Å². The molecule has 0 aromatic heterocycles. The third-order valence-electron chi connectivity index (χ3n) is 2.60. The van der Waals surface area contributed by atoms with E-state index in [1.807, 2.05) is 12.1 Å². The molecule has 0 aliphatic heterocycles. The SMILES string of the molecule is CCOC(=O)/C(N)=C/N(CCO)/N=C/c1ccc(OC)cc1. The average molecular weight is 307 g/mol. The van der Waals surface area contributed by atoms with Gasteiger partial charge in [0.25, 0.3) is 0 Å². The molecule has 7 nitrogen and oxygen atoms in total. The highest BCUT2D eigenvalue weighted by Crippen LogP contribution is 2.10. The van der Waals surface area contributed by atoms with E-state index in [4.69, 9.17) is 20.3 Å². The molecule has 0 atom stereocenters. The maximum atomic E-state index is 11.5. The molecule has 0 radical (unpaired) electrons. The lowest BCUT2D eigenvalue weighted by Gasteiger charge is -2.13. The second-order valence-corrected chi connectivity index (χ2v) is 4.21. The fraction of sp³-hybridized carbons (Fsp3) is 0.333. The van der Waals surface area contributed by atoms with Gasteiger partial charge in [-0.25, -0.2) is 4.79 Å². The predicted octanol–water partition coefficient (Wildman–Crippen LogP) is 0.687. The smallest absolute Gasteiger partial charge is 0.355 e. The lowest BCUT2D eigenvalue weighted by atomic mass is 10.2. The van der Waals surface area contributed by atoms with E-state index in [2.05, 4.69) is 5.10 Å². The highest BCUT2D eigenvalue weighted by Gasteiger charge is 2.07. The molecule has 0 aliphatic rings. The first-order valence-electron chi connectivity index (χ1n) is 6.80. The molecule has 1 rings (SSSR count). The van der Waals surface area contributed by atoms with E-state index in [1.165, 1.54) is 11.2 Å². The lowest BCUT2D eigenvalue weighted by Crippen LogP contribution is -2.22. The van der Waals surface area contributed by atoms with Crippen LogP contribution in [0.5, 0.6) is 5.75 Å². The first-order valence-corrected chi connectivity index (χ1v) is 6.80.